The molecule has 0 saturated carbocycles. The SMILES string of the molecule is Fc1ccc(Br)c(-c2nc(C3CCCCN3)no2)c1. The molecule has 1 fully saturated rings. The summed E-state index contributed by atoms with van der Waals surface area (Å²) in [5, 5.41) is 7.35. The van der Waals surface area contributed by atoms with Crippen LogP contribution in [-0.4, -0.2) is 16.7 Å². The first-order valence-electron chi connectivity index (χ1n) is 6.26. The minimum atomic E-state index is -0.325. The Morgan fingerprint density at radius 3 is 3.05 bits per heavy atom. The van der Waals surface area contributed by atoms with Crippen molar-refractivity contribution in [2.24, 2.45) is 0 Å². The Labute approximate surface area is 118 Å². The van der Waals surface area contributed by atoms with Crippen molar-refractivity contribution in [2.75, 3.05) is 6.54 Å². The van der Waals surface area contributed by atoms with Gasteiger partial charge in [0.15, 0.2) is 5.82 Å². The van der Waals surface area contributed by atoms with Crippen molar-refractivity contribution in [1.82, 2.24) is 15.5 Å². The molecule has 1 aromatic carbocycles. The molecule has 1 aliphatic heterocycles. The van der Waals surface area contributed by atoms with Crippen molar-refractivity contribution in [3.63, 3.8) is 0 Å². The van der Waals surface area contributed by atoms with Crippen LogP contribution in [-0.2, 0) is 0 Å². The predicted octanol–water partition coefficient (Wildman–Crippen LogP) is 3.45. The van der Waals surface area contributed by atoms with E-state index >= 15 is 0 Å². The van der Waals surface area contributed by atoms with Crippen molar-refractivity contribution in [3.8, 4) is 11.5 Å². The van der Waals surface area contributed by atoms with Crippen molar-refractivity contribution < 1.29 is 8.91 Å². The highest BCUT2D eigenvalue weighted by Crippen LogP contribution is 2.29. The minimum Gasteiger partial charge on any atom is -0.334 e. The van der Waals surface area contributed by atoms with E-state index in [1.54, 1.807) is 6.07 Å². The van der Waals surface area contributed by atoms with Gasteiger partial charge >= 0.3 is 0 Å². The summed E-state index contributed by atoms with van der Waals surface area (Å²) >= 11 is 3.36. The fraction of sp³-hybridized carbons (Fsp3) is 0.385. The highest BCUT2D eigenvalue weighted by Gasteiger charge is 2.21. The van der Waals surface area contributed by atoms with Gasteiger partial charge in [-0.25, -0.2) is 4.39 Å². The van der Waals surface area contributed by atoms with Gasteiger partial charge in [0.25, 0.3) is 5.89 Å². The van der Waals surface area contributed by atoms with Crippen LogP contribution in [0.2, 0.25) is 0 Å². The molecule has 1 unspecified atom stereocenters. The lowest BCUT2D eigenvalue weighted by Gasteiger charge is -2.19. The first-order valence-corrected chi connectivity index (χ1v) is 7.06. The molecule has 0 radical (unpaired) electrons. The van der Waals surface area contributed by atoms with Gasteiger partial charge in [-0.2, -0.15) is 4.98 Å². The molecule has 2 aromatic rings. The number of benzene rings is 1. The van der Waals surface area contributed by atoms with Gasteiger partial charge in [0.1, 0.15) is 5.82 Å². The topological polar surface area (TPSA) is 51.0 Å². The third kappa shape index (κ3) is 2.69. The first-order chi connectivity index (χ1) is 9.24. The summed E-state index contributed by atoms with van der Waals surface area (Å²) in [6.45, 7) is 0.970. The Kier molecular flexibility index (Phi) is 3.61. The summed E-state index contributed by atoms with van der Waals surface area (Å²) in [5.74, 6) is 0.661. The van der Waals surface area contributed by atoms with Crippen LogP contribution in [0.25, 0.3) is 11.5 Å². The third-order valence-electron chi connectivity index (χ3n) is 3.22. The molecule has 1 atom stereocenters. The Morgan fingerprint density at radius 1 is 1.37 bits per heavy atom. The average molecular weight is 326 g/mol. The van der Waals surface area contributed by atoms with Crippen LogP contribution < -0.4 is 5.32 Å². The minimum absolute atomic E-state index is 0.138. The highest BCUT2D eigenvalue weighted by atomic mass is 79.9. The maximum Gasteiger partial charge on any atom is 0.259 e. The molecule has 100 valence electrons. The number of hydrogen-bond acceptors (Lipinski definition) is 4. The molecule has 1 aromatic heterocycles. The lowest BCUT2D eigenvalue weighted by molar-refractivity contribution is 0.367. The van der Waals surface area contributed by atoms with E-state index < -0.39 is 0 Å². The van der Waals surface area contributed by atoms with Gasteiger partial charge < -0.3 is 9.84 Å². The van der Waals surface area contributed by atoms with E-state index in [0.29, 0.717) is 17.3 Å². The van der Waals surface area contributed by atoms with Gasteiger partial charge in [0, 0.05) is 4.47 Å². The molecule has 0 bridgehead atoms. The third-order valence-corrected chi connectivity index (χ3v) is 3.91. The van der Waals surface area contributed by atoms with E-state index in [1.165, 1.54) is 18.6 Å². The quantitative estimate of drug-likeness (QED) is 0.918. The summed E-state index contributed by atoms with van der Waals surface area (Å²) < 4.78 is 19.2. The van der Waals surface area contributed by atoms with E-state index in [2.05, 4.69) is 31.4 Å². The van der Waals surface area contributed by atoms with Crippen molar-refractivity contribution in [1.29, 1.82) is 0 Å². The zero-order valence-electron chi connectivity index (χ0n) is 10.2. The number of halogens is 2. The van der Waals surface area contributed by atoms with E-state index in [-0.39, 0.29) is 11.9 Å². The zero-order valence-corrected chi connectivity index (χ0v) is 11.8. The lowest BCUT2D eigenvalue weighted by atomic mass is 10.0. The Balaban J connectivity index is 1.89. The summed E-state index contributed by atoms with van der Waals surface area (Å²) in [6, 6.07) is 4.54. The molecule has 1 saturated heterocycles. The second-order valence-electron chi connectivity index (χ2n) is 4.58. The van der Waals surface area contributed by atoms with Crippen LogP contribution >= 0.6 is 15.9 Å². The standard InChI is InChI=1S/C13H13BrFN3O/c14-10-5-4-8(15)7-9(10)13-17-12(18-19-13)11-3-1-2-6-16-11/h4-5,7,11,16H,1-3,6H2. The van der Waals surface area contributed by atoms with Crippen LogP contribution in [0.5, 0.6) is 0 Å². The molecule has 1 aliphatic rings. The van der Waals surface area contributed by atoms with Gasteiger partial charge in [0.2, 0.25) is 0 Å². The van der Waals surface area contributed by atoms with Gasteiger partial charge in [-0.15, -0.1) is 0 Å². The Hall–Kier alpha value is -1.27. The number of nitrogens with zero attached hydrogens (tertiary/aromatic N) is 2. The number of nitrogens with one attached hydrogen (secondary N) is 1. The molecule has 2 heterocycles. The number of aromatic nitrogens is 2. The van der Waals surface area contributed by atoms with Crippen LogP contribution in [0, 0.1) is 5.82 Å². The lowest BCUT2D eigenvalue weighted by Crippen LogP contribution is -2.27. The largest absolute Gasteiger partial charge is 0.334 e. The molecule has 0 spiro atoms. The number of rotatable bonds is 2. The maximum absolute atomic E-state index is 13.3. The molecule has 0 amide bonds. The van der Waals surface area contributed by atoms with E-state index in [4.69, 9.17) is 4.52 Å². The van der Waals surface area contributed by atoms with Gasteiger partial charge in [-0.1, -0.05) is 11.6 Å². The summed E-state index contributed by atoms with van der Waals surface area (Å²) in [6.07, 6.45) is 3.34. The molecule has 0 aliphatic carbocycles. The fourth-order valence-electron chi connectivity index (χ4n) is 2.22. The second kappa shape index (κ2) is 5.38. The predicted molar refractivity (Wildman–Crippen MR) is 72.0 cm³/mol. The molecule has 19 heavy (non-hydrogen) atoms. The maximum atomic E-state index is 13.3. The Bertz CT molecular complexity index is 581. The highest BCUT2D eigenvalue weighted by molar-refractivity contribution is 9.10. The van der Waals surface area contributed by atoms with Crippen molar-refractivity contribution in [2.45, 2.75) is 25.3 Å². The molecular weight excluding hydrogens is 313 g/mol. The normalized spacial score (nSPS) is 19.6. The van der Waals surface area contributed by atoms with Gasteiger partial charge in [0.05, 0.1) is 11.6 Å². The second-order valence-corrected chi connectivity index (χ2v) is 5.44. The zero-order chi connectivity index (χ0) is 13.2. The molecular formula is C13H13BrFN3O. The smallest absolute Gasteiger partial charge is 0.259 e. The van der Waals surface area contributed by atoms with Crippen LogP contribution in [0.1, 0.15) is 31.1 Å². The summed E-state index contributed by atoms with van der Waals surface area (Å²) in [4.78, 5) is 4.37. The van der Waals surface area contributed by atoms with Crippen molar-refractivity contribution >= 4 is 15.9 Å². The van der Waals surface area contributed by atoms with E-state index in [0.717, 1.165) is 23.9 Å². The summed E-state index contributed by atoms with van der Waals surface area (Å²) in [7, 11) is 0. The molecule has 4 nitrogen and oxygen atoms in total. The first kappa shape index (κ1) is 12.7. The fourth-order valence-corrected chi connectivity index (χ4v) is 2.64. The van der Waals surface area contributed by atoms with Gasteiger partial charge in [-0.3, -0.25) is 0 Å². The van der Waals surface area contributed by atoms with E-state index in [1.807, 2.05) is 0 Å². The molecule has 3 rings (SSSR count). The average Bonchev–Trinajstić information content (AvgIpc) is 2.92. The van der Waals surface area contributed by atoms with Crippen molar-refractivity contribution in [3.05, 3.63) is 34.3 Å². The van der Waals surface area contributed by atoms with E-state index in [9.17, 15) is 4.39 Å². The summed E-state index contributed by atoms with van der Waals surface area (Å²) in [5.41, 5.74) is 0.578. The molecule has 6 heteroatoms. The number of piperidine rings is 1. The van der Waals surface area contributed by atoms with Gasteiger partial charge in [-0.05, 0) is 53.5 Å². The van der Waals surface area contributed by atoms with Crippen LogP contribution in [0.3, 0.4) is 0 Å². The number of hydrogen-bond donors (Lipinski definition) is 1. The Morgan fingerprint density at radius 2 is 2.26 bits per heavy atom. The monoisotopic (exact) mass is 325 g/mol. The molecule has 1 N–H and O–H groups in total. The van der Waals surface area contributed by atoms with Crippen LogP contribution in [0.4, 0.5) is 4.39 Å². The van der Waals surface area contributed by atoms with Crippen LogP contribution in [0.15, 0.2) is 27.2 Å².